The molecule has 1 amide bonds. The molecule has 0 unspecified atom stereocenters. The van der Waals surface area contributed by atoms with Gasteiger partial charge in [-0.15, -0.1) is 0 Å². The van der Waals surface area contributed by atoms with Gasteiger partial charge in [-0.2, -0.15) is 0 Å². The third-order valence-corrected chi connectivity index (χ3v) is 8.23. The molecule has 8 aromatic rings. The van der Waals surface area contributed by atoms with Gasteiger partial charge in [-0.05, 0) is 48.5 Å². The number of amides is 1. The molecule has 324 valence electrons. The maximum Gasteiger partial charge on any atom is 0.217 e. The number of carbonyl (C=O) groups is 1. The molecule has 0 bridgehead atoms. The fourth-order valence-electron chi connectivity index (χ4n) is 5.42. The molecule has 16 heteroatoms. The van der Waals surface area contributed by atoms with Gasteiger partial charge in [-0.25, -0.2) is 24.9 Å². The van der Waals surface area contributed by atoms with Crippen LogP contribution in [-0.4, -0.2) is 69.9 Å². The Kier molecular flexibility index (Phi) is 19.2. The van der Waals surface area contributed by atoms with Crippen LogP contribution in [0.4, 0.5) is 0 Å². The molecule has 4 aromatic carbocycles. The summed E-state index contributed by atoms with van der Waals surface area (Å²) in [5, 5.41) is 62.6. The van der Waals surface area contributed by atoms with Crippen molar-refractivity contribution in [2.75, 3.05) is 0 Å². The molecule has 0 fully saturated rings. The predicted octanol–water partition coefficient (Wildman–Crippen LogP) is 8.13. The molecule has 0 aliphatic heterocycles. The smallest absolute Gasteiger partial charge is 0.217 e. The fourth-order valence-corrected chi connectivity index (χ4v) is 5.42. The Hall–Kier alpha value is -8.40. The number of hydrogen-bond acceptors (Lipinski definition) is 13. The van der Waals surface area contributed by atoms with E-state index in [-0.39, 0.29) is 58.6 Å². The highest BCUT2D eigenvalue weighted by atomic mass is 16.4. The highest BCUT2D eigenvalue weighted by molar-refractivity contribution is 5.89. The van der Waals surface area contributed by atoms with Gasteiger partial charge in [-0.3, -0.25) is 4.79 Å². The molecular formula is C46H54N10O6. The number of nitrogens with zero attached hydrogens (tertiary/aromatic N) is 6. The van der Waals surface area contributed by atoms with Gasteiger partial charge in [0.25, 0.3) is 0 Å². The summed E-state index contributed by atoms with van der Waals surface area (Å²) in [6, 6.07) is 35.4. The molecule has 0 spiro atoms. The number of carbonyl (C=O) groups excluding carboxylic acids is 1. The SMILES string of the molecule is C.C.C.CC(=O)NCc1ccc2cccc(O)c2n1.N=Cc1ccc2cccc(O)c2n1.NC(N)=NCc1ccc2cccc(O)c2n1.O/N=C/c1ccc2cccc(O)c2n1.[2HH]. The van der Waals surface area contributed by atoms with E-state index in [9.17, 15) is 25.2 Å². The average Bonchev–Trinajstić information content (AvgIpc) is 3.24. The number of para-hydroxylation sites is 4. The quantitative estimate of drug-likeness (QED) is 0.0332. The summed E-state index contributed by atoms with van der Waals surface area (Å²) in [5.74, 6) is 0.515. The molecule has 16 nitrogen and oxygen atoms in total. The van der Waals surface area contributed by atoms with Crippen LogP contribution in [0.15, 0.2) is 131 Å². The Morgan fingerprint density at radius 2 is 1.00 bits per heavy atom. The van der Waals surface area contributed by atoms with Crippen molar-refractivity contribution in [3.8, 4) is 23.0 Å². The van der Waals surface area contributed by atoms with E-state index in [1.54, 1.807) is 66.7 Å². The summed E-state index contributed by atoms with van der Waals surface area (Å²) in [6.07, 6.45) is 2.37. The van der Waals surface area contributed by atoms with Gasteiger partial charge in [-0.1, -0.05) is 100 Å². The van der Waals surface area contributed by atoms with Crippen molar-refractivity contribution in [3.05, 3.63) is 144 Å². The molecular weight excluding hydrogens is 789 g/mol. The fraction of sp³-hybridized carbons (Fsp3) is 0.130. The summed E-state index contributed by atoms with van der Waals surface area (Å²) in [7, 11) is 0. The number of nitrogens with two attached hydrogens (primary N) is 2. The Morgan fingerprint density at radius 1 is 0.613 bits per heavy atom. The van der Waals surface area contributed by atoms with Crippen molar-refractivity contribution in [2.24, 2.45) is 21.6 Å². The Bertz CT molecular complexity index is 2820. The first kappa shape index (κ1) is 49.7. The molecule has 0 atom stereocenters. The van der Waals surface area contributed by atoms with E-state index < -0.39 is 0 Å². The molecule has 0 saturated carbocycles. The van der Waals surface area contributed by atoms with Crippen LogP contribution < -0.4 is 16.8 Å². The van der Waals surface area contributed by atoms with Crippen molar-refractivity contribution >= 4 is 67.9 Å². The van der Waals surface area contributed by atoms with Gasteiger partial charge in [0.1, 0.15) is 45.1 Å². The lowest BCUT2D eigenvalue weighted by molar-refractivity contribution is -0.119. The lowest BCUT2D eigenvalue weighted by Crippen LogP contribution is -2.22. The number of hydrogen-bond donors (Lipinski definition) is 9. The molecule has 0 aliphatic rings. The minimum Gasteiger partial charge on any atom is -0.506 e. The highest BCUT2D eigenvalue weighted by Crippen LogP contribution is 2.25. The third kappa shape index (κ3) is 13.6. The largest absolute Gasteiger partial charge is 0.506 e. The predicted molar refractivity (Wildman–Crippen MR) is 250 cm³/mol. The van der Waals surface area contributed by atoms with Crippen LogP contribution in [0.2, 0.25) is 0 Å². The minimum absolute atomic E-state index is 0. The van der Waals surface area contributed by atoms with E-state index in [0.29, 0.717) is 52.2 Å². The normalized spacial score (nSPS) is 9.95. The second-order valence-electron chi connectivity index (χ2n) is 12.5. The van der Waals surface area contributed by atoms with Crippen LogP contribution in [0.5, 0.6) is 23.0 Å². The average molecular weight is 844 g/mol. The van der Waals surface area contributed by atoms with E-state index in [1.807, 2.05) is 54.6 Å². The lowest BCUT2D eigenvalue weighted by atomic mass is 10.2. The van der Waals surface area contributed by atoms with Crippen LogP contribution in [0.3, 0.4) is 0 Å². The van der Waals surface area contributed by atoms with Crippen molar-refractivity contribution in [1.82, 2.24) is 25.3 Å². The molecule has 8 rings (SSSR count). The number of phenolic OH excluding ortho intramolecular Hbond substituents is 4. The van der Waals surface area contributed by atoms with E-state index in [0.717, 1.165) is 33.5 Å². The van der Waals surface area contributed by atoms with Crippen LogP contribution in [-0.2, 0) is 17.9 Å². The van der Waals surface area contributed by atoms with Gasteiger partial charge in [0, 0.05) is 36.1 Å². The molecule has 11 N–H and O–H groups in total. The van der Waals surface area contributed by atoms with E-state index in [1.165, 1.54) is 13.1 Å². The zero-order valence-corrected chi connectivity index (χ0v) is 31.6. The zero-order chi connectivity index (χ0) is 42.3. The van der Waals surface area contributed by atoms with Gasteiger partial charge in [0.15, 0.2) is 5.96 Å². The number of fused-ring (bicyclic) bond motifs is 4. The zero-order valence-electron chi connectivity index (χ0n) is 31.6. The number of pyridine rings is 4. The first-order valence-electron chi connectivity index (χ1n) is 17.8. The van der Waals surface area contributed by atoms with E-state index in [2.05, 4.69) is 35.4 Å². The maximum absolute atomic E-state index is 10.8. The summed E-state index contributed by atoms with van der Waals surface area (Å²) in [5.41, 5.74) is 15.1. The molecule has 62 heavy (non-hydrogen) atoms. The van der Waals surface area contributed by atoms with E-state index in [4.69, 9.17) is 22.1 Å². The first-order valence-corrected chi connectivity index (χ1v) is 17.8. The van der Waals surface area contributed by atoms with Gasteiger partial charge in [0.05, 0.1) is 42.1 Å². The molecule has 0 saturated heterocycles. The molecule has 0 radical (unpaired) electrons. The Balaban J connectivity index is 0.000000413. The number of guanidine groups is 1. The lowest BCUT2D eigenvalue weighted by Gasteiger charge is -2.04. The molecule has 0 aliphatic carbocycles. The summed E-state index contributed by atoms with van der Waals surface area (Å²) in [6.45, 7) is 2.14. The van der Waals surface area contributed by atoms with Gasteiger partial charge >= 0.3 is 0 Å². The maximum atomic E-state index is 10.8. The van der Waals surface area contributed by atoms with Crippen LogP contribution in [0.1, 0.15) is 53.4 Å². The van der Waals surface area contributed by atoms with Crippen molar-refractivity contribution < 1.29 is 31.9 Å². The summed E-state index contributed by atoms with van der Waals surface area (Å²) < 4.78 is 0. The van der Waals surface area contributed by atoms with Crippen LogP contribution >= 0.6 is 0 Å². The number of phenols is 4. The van der Waals surface area contributed by atoms with Crippen molar-refractivity contribution in [3.63, 3.8) is 0 Å². The summed E-state index contributed by atoms with van der Waals surface area (Å²) in [4.78, 5) is 31.4. The van der Waals surface area contributed by atoms with Crippen molar-refractivity contribution in [1.29, 1.82) is 5.41 Å². The molecule has 4 heterocycles. The molecule has 4 aromatic heterocycles. The second-order valence-corrected chi connectivity index (χ2v) is 12.5. The number of nitrogens with one attached hydrogen (secondary N) is 2. The number of aliphatic imine (C=N–C) groups is 1. The van der Waals surface area contributed by atoms with Gasteiger partial charge < -0.3 is 47.8 Å². The standard InChI is InChI=1S/C12H12N2O2.C11H12N4O.C10H8N2O2.C10H8N2O.3CH4.H2/c1-8(15)13-7-10-6-5-9-3-2-4-11(16)12(9)14-10;12-11(13)14-6-8-5-4-7-2-1-3-9(16)10(7)15-8;13-9-3-1-2-7-4-5-8(6-11-14)12-10(7)9;11-6-8-5-4-7-2-1-3-9(13)10(7)12-8;;;;/h2-6,16H,7H2,1H3,(H,13,15);1-5,16H,6H2,(H4,12,13,14);1-6,13-14H;1-6,11,13H;3*1H4;1H/b;;11-6+;;;;;/i;;;;;;;1+1. The topological polar surface area (TPSA) is 282 Å². The number of oxime groups is 1. The number of aromatic hydroxyl groups is 4. The number of aromatic nitrogens is 4. The monoisotopic (exact) mass is 843 g/mol. The second kappa shape index (κ2) is 23.9. The van der Waals surface area contributed by atoms with E-state index >= 15 is 0 Å². The first-order chi connectivity index (χ1) is 28.4. The van der Waals surface area contributed by atoms with Gasteiger partial charge in [0.2, 0.25) is 5.91 Å². The Morgan fingerprint density at radius 3 is 1.42 bits per heavy atom. The minimum atomic E-state index is -0.0980. The van der Waals surface area contributed by atoms with Crippen LogP contribution in [0, 0.1) is 5.41 Å². The van der Waals surface area contributed by atoms with Crippen molar-refractivity contribution in [2.45, 2.75) is 42.3 Å². The third-order valence-electron chi connectivity index (χ3n) is 8.23. The Labute approximate surface area is 360 Å². The highest BCUT2D eigenvalue weighted by Gasteiger charge is 2.05. The van der Waals surface area contributed by atoms with Crippen LogP contribution in [0.25, 0.3) is 43.6 Å². The number of rotatable bonds is 6. The number of benzene rings is 4. The summed E-state index contributed by atoms with van der Waals surface area (Å²) >= 11 is 0.